The van der Waals surface area contributed by atoms with E-state index in [1.165, 1.54) is 11.0 Å². The number of nitro benzene ring substituents is 1. The average molecular weight is 565 g/mol. The summed E-state index contributed by atoms with van der Waals surface area (Å²) in [6.07, 6.45) is -2.08. The highest BCUT2D eigenvalue weighted by Crippen LogP contribution is 2.31. The summed E-state index contributed by atoms with van der Waals surface area (Å²) in [6.45, 7) is 11.3. The van der Waals surface area contributed by atoms with Crippen LogP contribution in [0.25, 0.3) is 0 Å². The van der Waals surface area contributed by atoms with E-state index in [0.717, 1.165) is 23.3 Å². The van der Waals surface area contributed by atoms with Crippen LogP contribution in [-0.4, -0.2) is 58.7 Å². The second-order valence-corrected chi connectivity index (χ2v) is 14.4. The maximum Gasteiger partial charge on any atom is 0.410 e. The molecule has 2 aromatic rings. The van der Waals surface area contributed by atoms with Crippen LogP contribution in [0.3, 0.4) is 0 Å². The number of aliphatic hydroxyl groups excluding tert-OH is 1. The highest BCUT2D eigenvalue weighted by atomic mass is 32.2. The average Bonchev–Trinajstić information content (AvgIpc) is 2.78. The van der Waals surface area contributed by atoms with Crippen LogP contribution in [0.15, 0.2) is 42.5 Å². The van der Waals surface area contributed by atoms with Gasteiger partial charge in [-0.05, 0) is 55.4 Å². The van der Waals surface area contributed by atoms with Crippen LogP contribution < -0.4 is 0 Å². The third-order valence-electron chi connectivity index (χ3n) is 6.65. The number of halogens is 1. The van der Waals surface area contributed by atoms with Gasteiger partial charge in [0, 0.05) is 18.5 Å². The van der Waals surface area contributed by atoms with Crippen molar-refractivity contribution in [2.24, 2.45) is 5.92 Å². The molecule has 0 saturated carbocycles. The van der Waals surface area contributed by atoms with Crippen molar-refractivity contribution in [1.82, 2.24) is 4.90 Å². The van der Waals surface area contributed by atoms with Crippen molar-refractivity contribution in [2.45, 2.75) is 77.7 Å². The van der Waals surface area contributed by atoms with Gasteiger partial charge in [0.1, 0.15) is 5.60 Å². The Balaban J connectivity index is 1.97. The highest BCUT2D eigenvalue weighted by molar-refractivity contribution is 7.91. The van der Waals surface area contributed by atoms with Crippen molar-refractivity contribution in [3.63, 3.8) is 0 Å². The Morgan fingerprint density at radius 3 is 2.33 bits per heavy atom. The Morgan fingerprint density at radius 2 is 1.77 bits per heavy atom. The normalized spacial score (nSPS) is 21.3. The molecule has 0 aliphatic carbocycles. The number of benzene rings is 2. The summed E-state index contributed by atoms with van der Waals surface area (Å²) >= 11 is 0. The summed E-state index contributed by atoms with van der Waals surface area (Å²) < 4.78 is 45.9. The standard InChI is InChI=1S/C28H37FN2O7S/c1-27(2,3)21-9-7-8-19(13-21)15-30(26(33)38-28(4,5)6)24-17-39(36,37)16-20(25(24)32)12-18-10-11-23(31(34)35)22(29)14-18/h7-11,13-14,20,24-25,32H,12,15-17H2,1-6H3/t20-,24+,25-/m1/s1. The minimum absolute atomic E-state index is 0.00889. The van der Waals surface area contributed by atoms with E-state index in [1.807, 2.05) is 24.3 Å². The first-order valence-electron chi connectivity index (χ1n) is 12.8. The Bertz CT molecular complexity index is 1330. The number of nitrogens with zero attached hydrogens (tertiary/aromatic N) is 2. The molecule has 1 amide bonds. The monoisotopic (exact) mass is 564 g/mol. The Kier molecular flexibility index (Phi) is 8.76. The fourth-order valence-electron chi connectivity index (χ4n) is 4.72. The van der Waals surface area contributed by atoms with Crippen molar-refractivity contribution in [3.8, 4) is 0 Å². The van der Waals surface area contributed by atoms with E-state index >= 15 is 0 Å². The van der Waals surface area contributed by atoms with Crippen molar-refractivity contribution >= 4 is 21.6 Å². The highest BCUT2D eigenvalue weighted by Gasteiger charge is 2.45. The first-order valence-corrected chi connectivity index (χ1v) is 14.6. The predicted molar refractivity (Wildman–Crippen MR) is 146 cm³/mol. The van der Waals surface area contributed by atoms with Gasteiger partial charge in [-0.3, -0.25) is 15.0 Å². The van der Waals surface area contributed by atoms with Crippen LogP contribution in [0, 0.1) is 21.8 Å². The van der Waals surface area contributed by atoms with Gasteiger partial charge in [0.05, 0.1) is 28.6 Å². The van der Waals surface area contributed by atoms with Crippen LogP contribution >= 0.6 is 0 Å². The molecule has 1 aliphatic rings. The van der Waals surface area contributed by atoms with Gasteiger partial charge in [-0.15, -0.1) is 0 Å². The van der Waals surface area contributed by atoms with Gasteiger partial charge in [-0.2, -0.15) is 4.39 Å². The Hall–Kier alpha value is -3.05. The molecular formula is C28H37FN2O7S. The van der Waals surface area contributed by atoms with Crippen molar-refractivity contribution in [1.29, 1.82) is 0 Å². The van der Waals surface area contributed by atoms with Crippen molar-refractivity contribution in [2.75, 3.05) is 11.5 Å². The largest absolute Gasteiger partial charge is 0.444 e. The summed E-state index contributed by atoms with van der Waals surface area (Å²) in [6, 6.07) is 9.82. The second-order valence-electron chi connectivity index (χ2n) is 12.2. The maximum atomic E-state index is 14.2. The molecule has 1 heterocycles. The van der Waals surface area contributed by atoms with E-state index in [4.69, 9.17) is 4.74 Å². The third kappa shape index (κ3) is 7.98. The number of hydrogen-bond acceptors (Lipinski definition) is 7. The van der Waals surface area contributed by atoms with Crippen LogP contribution in [0.2, 0.25) is 0 Å². The summed E-state index contributed by atoms with van der Waals surface area (Å²) in [7, 11) is -3.72. The molecule has 214 valence electrons. The van der Waals surface area contributed by atoms with Crippen molar-refractivity contribution in [3.05, 3.63) is 75.1 Å². The quantitative estimate of drug-likeness (QED) is 0.395. The van der Waals surface area contributed by atoms with E-state index in [0.29, 0.717) is 5.56 Å². The third-order valence-corrected chi connectivity index (χ3v) is 8.44. The number of amides is 1. The minimum Gasteiger partial charge on any atom is -0.444 e. The number of hydrogen-bond donors (Lipinski definition) is 1. The van der Waals surface area contributed by atoms with Gasteiger partial charge in [0.25, 0.3) is 0 Å². The number of rotatable bonds is 6. The maximum absolute atomic E-state index is 14.2. The van der Waals surface area contributed by atoms with Gasteiger partial charge in [0.15, 0.2) is 9.84 Å². The fraction of sp³-hybridized carbons (Fsp3) is 0.536. The summed E-state index contributed by atoms with van der Waals surface area (Å²) in [4.78, 5) is 24.8. The lowest BCUT2D eigenvalue weighted by atomic mass is 9.86. The zero-order chi connectivity index (χ0) is 29.3. The molecule has 1 fully saturated rings. The molecule has 2 aromatic carbocycles. The number of carbonyl (C=O) groups excluding carboxylic acids is 1. The molecule has 3 atom stereocenters. The van der Waals surface area contributed by atoms with E-state index < -0.39 is 61.8 Å². The molecule has 0 radical (unpaired) electrons. The molecule has 39 heavy (non-hydrogen) atoms. The summed E-state index contributed by atoms with van der Waals surface area (Å²) in [5.41, 5.74) is 0.362. The van der Waals surface area contributed by atoms with Gasteiger partial charge < -0.3 is 9.84 Å². The Morgan fingerprint density at radius 1 is 1.10 bits per heavy atom. The lowest BCUT2D eigenvalue weighted by Gasteiger charge is -2.41. The molecular weight excluding hydrogens is 527 g/mol. The molecule has 1 N–H and O–H groups in total. The van der Waals surface area contributed by atoms with Crippen LogP contribution in [-0.2, 0) is 33.0 Å². The van der Waals surface area contributed by atoms with Gasteiger partial charge in [-0.1, -0.05) is 51.1 Å². The zero-order valence-electron chi connectivity index (χ0n) is 23.2. The van der Waals surface area contributed by atoms with E-state index in [1.54, 1.807) is 20.8 Å². The predicted octanol–water partition coefficient (Wildman–Crippen LogP) is 4.79. The SMILES string of the molecule is CC(C)(C)OC(=O)N(Cc1cccc(C(C)(C)C)c1)[C@H]1CS(=O)(=O)C[C@@H](Cc2ccc([N+](=O)[O-])c(F)c2)[C@H]1O. The fourth-order valence-corrected chi connectivity index (χ4v) is 6.72. The molecule has 0 unspecified atom stereocenters. The Labute approximate surface area is 229 Å². The smallest absolute Gasteiger partial charge is 0.410 e. The molecule has 0 bridgehead atoms. The number of nitro groups is 1. The lowest BCUT2D eigenvalue weighted by Crippen LogP contribution is -2.58. The second kappa shape index (κ2) is 11.2. The van der Waals surface area contributed by atoms with E-state index in [9.17, 15) is 32.8 Å². The van der Waals surface area contributed by atoms with Gasteiger partial charge >= 0.3 is 11.8 Å². The molecule has 0 spiro atoms. The first-order chi connectivity index (χ1) is 17.9. The van der Waals surface area contributed by atoms with Gasteiger partial charge in [-0.25, -0.2) is 13.2 Å². The summed E-state index contributed by atoms with van der Waals surface area (Å²) in [5, 5.41) is 22.4. The molecule has 3 rings (SSSR count). The zero-order valence-corrected chi connectivity index (χ0v) is 24.0. The van der Waals surface area contributed by atoms with Crippen molar-refractivity contribution < 1.29 is 32.4 Å². The molecule has 1 aliphatic heterocycles. The molecule has 1 saturated heterocycles. The number of ether oxygens (including phenoxy) is 1. The molecule has 11 heteroatoms. The number of sulfone groups is 1. The van der Waals surface area contributed by atoms with Gasteiger partial charge in [0.2, 0.25) is 5.82 Å². The number of carbonyl (C=O) groups is 1. The molecule has 9 nitrogen and oxygen atoms in total. The topological polar surface area (TPSA) is 127 Å². The minimum atomic E-state index is -3.72. The molecule has 0 aromatic heterocycles. The van der Waals surface area contributed by atoms with E-state index in [-0.39, 0.29) is 24.1 Å². The number of aliphatic hydroxyl groups is 1. The lowest BCUT2D eigenvalue weighted by molar-refractivity contribution is -0.387. The van der Waals surface area contributed by atoms with Crippen LogP contribution in [0.4, 0.5) is 14.9 Å². The van der Waals surface area contributed by atoms with Crippen LogP contribution in [0.5, 0.6) is 0 Å². The first kappa shape index (κ1) is 30.5. The van der Waals surface area contributed by atoms with Crippen LogP contribution in [0.1, 0.15) is 58.2 Å². The summed E-state index contributed by atoms with van der Waals surface area (Å²) in [5.74, 6) is -2.75. The van der Waals surface area contributed by atoms with E-state index in [2.05, 4.69) is 20.8 Å².